The number of hydrogen-bond donors (Lipinski definition) is 2. The molecule has 0 heterocycles. The molecule has 1 fully saturated rings. The summed E-state index contributed by atoms with van der Waals surface area (Å²) in [6.45, 7) is 5.52. The summed E-state index contributed by atoms with van der Waals surface area (Å²) in [6.07, 6.45) is 0.900. The third kappa shape index (κ3) is 2.58. The molecule has 2 N–H and O–H groups in total. The highest BCUT2D eigenvalue weighted by Gasteiger charge is 2.36. The average molecular weight is 269 g/mol. The number of hydrogen-bond acceptors (Lipinski definition) is 3. The number of aliphatic hydroxyl groups is 1. The molecule has 1 saturated carbocycles. The summed E-state index contributed by atoms with van der Waals surface area (Å²) in [4.78, 5) is 0.274. The SMILES string of the molecule is Cc1cc(C)c(S(=O)(=O)NC2CC2C)cc1CO. The largest absolute Gasteiger partial charge is 0.392 e. The van der Waals surface area contributed by atoms with Crippen LogP contribution in [0.25, 0.3) is 0 Å². The van der Waals surface area contributed by atoms with Gasteiger partial charge in [-0.2, -0.15) is 0 Å². The second-order valence-corrected chi connectivity index (χ2v) is 6.83. The van der Waals surface area contributed by atoms with Crippen LogP contribution in [0.5, 0.6) is 0 Å². The summed E-state index contributed by atoms with van der Waals surface area (Å²) >= 11 is 0. The van der Waals surface area contributed by atoms with Gasteiger partial charge < -0.3 is 5.11 Å². The highest BCUT2D eigenvalue weighted by atomic mass is 32.2. The Kier molecular flexibility index (Phi) is 3.49. The molecule has 2 unspecified atom stereocenters. The van der Waals surface area contributed by atoms with Crippen LogP contribution in [-0.2, 0) is 16.6 Å². The Morgan fingerprint density at radius 2 is 1.94 bits per heavy atom. The van der Waals surface area contributed by atoms with Crippen LogP contribution in [0, 0.1) is 19.8 Å². The van der Waals surface area contributed by atoms with Crippen molar-refractivity contribution in [1.82, 2.24) is 4.72 Å². The van der Waals surface area contributed by atoms with Crippen molar-refractivity contribution in [3.8, 4) is 0 Å². The van der Waals surface area contributed by atoms with Crippen molar-refractivity contribution in [2.45, 2.75) is 44.7 Å². The summed E-state index contributed by atoms with van der Waals surface area (Å²) < 4.78 is 27.2. The van der Waals surface area contributed by atoms with Gasteiger partial charge in [-0.25, -0.2) is 13.1 Å². The van der Waals surface area contributed by atoms with E-state index in [2.05, 4.69) is 4.72 Å². The summed E-state index contributed by atoms with van der Waals surface area (Å²) in [5, 5.41) is 9.22. The highest BCUT2D eigenvalue weighted by molar-refractivity contribution is 7.89. The lowest BCUT2D eigenvalue weighted by Gasteiger charge is -2.12. The van der Waals surface area contributed by atoms with Gasteiger partial charge >= 0.3 is 0 Å². The van der Waals surface area contributed by atoms with E-state index in [1.165, 1.54) is 0 Å². The van der Waals surface area contributed by atoms with Crippen LogP contribution in [0.15, 0.2) is 17.0 Å². The van der Waals surface area contributed by atoms with Gasteiger partial charge in [0.1, 0.15) is 0 Å². The van der Waals surface area contributed by atoms with Gasteiger partial charge in [-0.3, -0.25) is 0 Å². The minimum atomic E-state index is -3.47. The fourth-order valence-corrected chi connectivity index (χ4v) is 3.72. The third-order valence-corrected chi connectivity index (χ3v) is 5.14. The molecule has 1 aliphatic rings. The first-order valence-corrected chi connectivity index (χ1v) is 7.57. The molecule has 0 radical (unpaired) electrons. The van der Waals surface area contributed by atoms with Crippen molar-refractivity contribution < 1.29 is 13.5 Å². The summed E-state index contributed by atoms with van der Waals surface area (Å²) in [6, 6.07) is 3.43. The van der Waals surface area contributed by atoms with Crippen LogP contribution in [0.3, 0.4) is 0 Å². The number of nitrogens with one attached hydrogen (secondary N) is 1. The summed E-state index contributed by atoms with van der Waals surface area (Å²) in [5.74, 6) is 0.419. The predicted molar refractivity (Wildman–Crippen MR) is 69.7 cm³/mol. The molecular formula is C13H19NO3S. The van der Waals surface area contributed by atoms with Crippen molar-refractivity contribution >= 4 is 10.0 Å². The standard InChI is InChI=1S/C13H19NO3S/c1-8-4-10(3)13(6-11(8)7-15)18(16,17)14-12-5-9(12)2/h4,6,9,12,14-15H,5,7H2,1-3H3. The topological polar surface area (TPSA) is 66.4 Å². The van der Waals surface area contributed by atoms with E-state index in [1.807, 2.05) is 13.8 Å². The molecule has 1 aromatic carbocycles. The minimum absolute atomic E-state index is 0.0632. The first kappa shape index (κ1) is 13.5. The van der Waals surface area contributed by atoms with Crippen LogP contribution in [0.1, 0.15) is 30.0 Å². The Morgan fingerprint density at radius 1 is 1.33 bits per heavy atom. The lowest BCUT2D eigenvalue weighted by atomic mass is 10.1. The van der Waals surface area contributed by atoms with Crippen molar-refractivity contribution in [2.75, 3.05) is 0 Å². The lowest BCUT2D eigenvalue weighted by Crippen LogP contribution is -2.27. The van der Waals surface area contributed by atoms with Gasteiger partial charge in [-0.05, 0) is 48.9 Å². The van der Waals surface area contributed by atoms with E-state index >= 15 is 0 Å². The van der Waals surface area contributed by atoms with Crippen molar-refractivity contribution in [1.29, 1.82) is 0 Å². The van der Waals surface area contributed by atoms with E-state index in [9.17, 15) is 13.5 Å². The molecule has 0 amide bonds. The third-order valence-electron chi connectivity index (χ3n) is 3.51. The monoisotopic (exact) mass is 269 g/mol. The maximum Gasteiger partial charge on any atom is 0.241 e. The van der Waals surface area contributed by atoms with Gasteiger partial charge in [-0.15, -0.1) is 0 Å². The van der Waals surface area contributed by atoms with E-state index in [0.717, 1.165) is 12.0 Å². The number of rotatable bonds is 4. The molecule has 0 saturated heterocycles. The van der Waals surface area contributed by atoms with Crippen LogP contribution >= 0.6 is 0 Å². The van der Waals surface area contributed by atoms with Crippen molar-refractivity contribution in [2.24, 2.45) is 5.92 Å². The molecule has 0 aromatic heterocycles. The zero-order valence-corrected chi connectivity index (χ0v) is 11.7. The smallest absolute Gasteiger partial charge is 0.241 e. The number of aliphatic hydroxyl groups excluding tert-OH is 1. The number of aryl methyl sites for hydroxylation is 2. The van der Waals surface area contributed by atoms with E-state index in [0.29, 0.717) is 17.0 Å². The van der Waals surface area contributed by atoms with Gasteiger partial charge in [0, 0.05) is 6.04 Å². The zero-order chi connectivity index (χ0) is 13.5. The molecule has 0 spiro atoms. The van der Waals surface area contributed by atoms with Crippen LogP contribution in [0.4, 0.5) is 0 Å². The zero-order valence-electron chi connectivity index (χ0n) is 10.9. The molecule has 2 atom stereocenters. The fraction of sp³-hybridized carbons (Fsp3) is 0.538. The molecule has 100 valence electrons. The molecule has 18 heavy (non-hydrogen) atoms. The molecule has 0 aliphatic heterocycles. The predicted octanol–water partition coefficient (Wildman–Crippen LogP) is 1.48. The van der Waals surface area contributed by atoms with Crippen molar-refractivity contribution in [3.63, 3.8) is 0 Å². The molecule has 4 nitrogen and oxygen atoms in total. The Bertz CT molecular complexity index is 566. The van der Waals surface area contributed by atoms with Gasteiger partial charge in [0.25, 0.3) is 0 Å². The second kappa shape index (κ2) is 4.64. The van der Waals surface area contributed by atoms with E-state index in [4.69, 9.17) is 0 Å². The Balaban J connectivity index is 2.37. The molecular weight excluding hydrogens is 250 g/mol. The summed E-state index contributed by atoms with van der Waals surface area (Å²) in [5.41, 5.74) is 2.28. The Morgan fingerprint density at radius 3 is 2.44 bits per heavy atom. The minimum Gasteiger partial charge on any atom is -0.392 e. The van der Waals surface area contributed by atoms with Crippen LogP contribution < -0.4 is 4.72 Å². The Labute approximate surface area is 108 Å². The quantitative estimate of drug-likeness (QED) is 0.870. The first-order valence-electron chi connectivity index (χ1n) is 6.08. The maximum absolute atomic E-state index is 12.2. The van der Waals surface area contributed by atoms with E-state index in [1.54, 1.807) is 19.1 Å². The van der Waals surface area contributed by atoms with Crippen LogP contribution in [-0.4, -0.2) is 19.6 Å². The number of benzene rings is 1. The van der Waals surface area contributed by atoms with Gasteiger partial charge in [0.2, 0.25) is 10.0 Å². The van der Waals surface area contributed by atoms with Crippen molar-refractivity contribution in [3.05, 3.63) is 28.8 Å². The maximum atomic E-state index is 12.2. The molecule has 5 heteroatoms. The van der Waals surface area contributed by atoms with E-state index in [-0.39, 0.29) is 17.5 Å². The first-order chi connectivity index (χ1) is 8.35. The molecule has 0 bridgehead atoms. The second-order valence-electron chi connectivity index (χ2n) is 5.14. The molecule has 1 aromatic rings. The molecule has 2 rings (SSSR count). The summed E-state index contributed by atoms with van der Waals surface area (Å²) in [7, 11) is -3.47. The Hall–Kier alpha value is -0.910. The average Bonchev–Trinajstić information content (AvgIpc) is 2.92. The van der Waals surface area contributed by atoms with Gasteiger partial charge in [-0.1, -0.05) is 13.0 Å². The molecule has 1 aliphatic carbocycles. The van der Waals surface area contributed by atoms with Crippen LogP contribution in [0.2, 0.25) is 0 Å². The number of sulfonamides is 1. The lowest BCUT2D eigenvalue weighted by molar-refractivity contribution is 0.280. The fourth-order valence-electron chi connectivity index (χ4n) is 2.08. The normalized spacial score (nSPS) is 23.1. The van der Waals surface area contributed by atoms with E-state index < -0.39 is 10.0 Å². The highest BCUT2D eigenvalue weighted by Crippen LogP contribution is 2.31. The van der Waals surface area contributed by atoms with Gasteiger partial charge in [0.05, 0.1) is 11.5 Å². The van der Waals surface area contributed by atoms with Gasteiger partial charge in [0.15, 0.2) is 0 Å².